The molecule has 0 saturated carbocycles. The van der Waals surface area contributed by atoms with E-state index in [9.17, 15) is 0 Å². The molecule has 36 heteroatoms. The van der Waals surface area contributed by atoms with Crippen LogP contribution in [-0.4, -0.2) is 178 Å². The SMILES string of the molecule is Cl.Cl.Cl.Cl.Cl.Cl.Cl.Cl.Cl.Cl.Cl.Cl.NCCCNCC[S][Ge]1([S]CCNCCCN)[S][Ge]([S]CCNCCCN)([S]CCNCCCN)[S][Ge]([S]CCNCCCN)([S]CCNCCCN)[S]1. The fourth-order valence-corrected chi connectivity index (χ4v) is 549. The van der Waals surface area contributed by atoms with E-state index in [1.54, 1.807) is 0 Å². The van der Waals surface area contributed by atoms with E-state index in [0.29, 0.717) is 0 Å². The summed E-state index contributed by atoms with van der Waals surface area (Å²) in [6, 6.07) is 0. The predicted molar refractivity (Wildman–Crippen MR) is 361 cm³/mol. The van der Waals surface area contributed by atoms with Gasteiger partial charge < -0.3 is 0 Å². The van der Waals surface area contributed by atoms with Gasteiger partial charge in [-0.1, -0.05) is 0 Å². The van der Waals surface area contributed by atoms with Crippen molar-refractivity contribution < 1.29 is 0 Å². The van der Waals surface area contributed by atoms with Gasteiger partial charge in [-0.2, -0.15) is 0 Å². The maximum atomic E-state index is 5.84. The van der Waals surface area contributed by atoms with Gasteiger partial charge in [-0.25, -0.2) is 0 Å². The van der Waals surface area contributed by atoms with Crippen molar-refractivity contribution in [2.24, 2.45) is 34.4 Å². The van der Waals surface area contributed by atoms with Crippen molar-refractivity contribution >= 4 is 261 Å². The number of halogens is 12. The Labute approximate surface area is 510 Å². The van der Waals surface area contributed by atoms with Gasteiger partial charge in [0.1, 0.15) is 0 Å². The molecule has 0 amide bonds. The maximum absolute atomic E-state index is 5.84. The van der Waals surface area contributed by atoms with Crippen molar-refractivity contribution in [1.82, 2.24) is 31.9 Å². The molecule has 0 radical (unpaired) electrons. The molecule has 0 spiro atoms. The second-order valence-corrected chi connectivity index (χ2v) is 120. The first kappa shape index (κ1) is 102. The standard InChI is InChI=1S/C30H78Ge3N12S9.12ClH/c34-7-1-13-40-19-25-46-31(47-26-20-41-14-2-8-35)52-32(48-27-21-42-15-3-9-36,49-28-22-43-16-4-10-37)54-33(53-31,50-29-23-44-17-5-11-38)51-30-24-45-18-6-12-39;;;;;;;;;;;;/h40-45H,1-30,34-39H2;12*1H. The van der Waals surface area contributed by atoms with Crippen LogP contribution in [0, 0.1) is 0 Å². The molecule has 0 aromatic carbocycles. The van der Waals surface area contributed by atoms with Crippen LogP contribution in [0.15, 0.2) is 0 Å². The van der Waals surface area contributed by atoms with Crippen molar-refractivity contribution in [3.05, 3.63) is 0 Å². The third-order valence-corrected chi connectivity index (χ3v) is 248. The average molecular weight is 1550 g/mol. The van der Waals surface area contributed by atoms with Crippen molar-refractivity contribution in [1.29, 1.82) is 0 Å². The van der Waals surface area contributed by atoms with Gasteiger partial charge in [-0.3, -0.25) is 0 Å². The Morgan fingerprint density at radius 1 is 0.242 bits per heavy atom. The fraction of sp³-hybridized carbons (Fsp3) is 1.00. The van der Waals surface area contributed by atoms with Crippen LogP contribution in [0.3, 0.4) is 0 Å². The van der Waals surface area contributed by atoms with E-state index in [4.69, 9.17) is 34.4 Å². The molecule has 1 fully saturated rings. The van der Waals surface area contributed by atoms with E-state index in [2.05, 4.69) is 118 Å². The number of nitrogens with two attached hydrogens (primary N) is 6. The summed E-state index contributed by atoms with van der Waals surface area (Å²) in [4.78, 5) is 0. The van der Waals surface area contributed by atoms with Crippen LogP contribution in [-0.2, 0) is 0 Å². The molecular formula is C30H90Cl12Ge3N12S9. The van der Waals surface area contributed by atoms with Gasteiger partial charge in [0.15, 0.2) is 0 Å². The summed E-state index contributed by atoms with van der Waals surface area (Å²) in [6.07, 6.45) is 6.22. The van der Waals surface area contributed by atoms with Crippen molar-refractivity contribution in [3.63, 3.8) is 0 Å². The molecule has 1 aliphatic rings. The summed E-state index contributed by atoms with van der Waals surface area (Å²) in [6.45, 7) is 16.9. The van der Waals surface area contributed by atoms with E-state index in [0.717, 1.165) is 156 Å². The van der Waals surface area contributed by atoms with Crippen LogP contribution in [0.1, 0.15) is 38.5 Å². The second-order valence-electron chi connectivity index (χ2n) is 12.3. The van der Waals surface area contributed by atoms with E-state index in [1.807, 2.05) is 0 Å². The van der Waals surface area contributed by atoms with Gasteiger partial charge in [0.25, 0.3) is 0 Å². The molecule has 0 aromatic heterocycles. The quantitative estimate of drug-likeness (QED) is 0.0228. The summed E-state index contributed by atoms with van der Waals surface area (Å²) in [5.74, 6) is 7.12. The first-order valence-electron chi connectivity index (χ1n) is 19.9. The molecule has 0 unspecified atom stereocenters. The average Bonchev–Trinajstić information content (AvgIpc) is 3.17. The second kappa shape index (κ2) is 74.8. The van der Waals surface area contributed by atoms with Crippen LogP contribution >= 0.6 is 235 Å². The minimum absolute atomic E-state index is 0. The van der Waals surface area contributed by atoms with Crippen LogP contribution in [0.2, 0.25) is 0 Å². The van der Waals surface area contributed by atoms with Gasteiger partial charge in [-0.15, -0.1) is 149 Å². The van der Waals surface area contributed by atoms with Gasteiger partial charge in [0.05, 0.1) is 0 Å². The summed E-state index contributed by atoms with van der Waals surface area (Å²) in [5.41, 5.74) is 35.0. The van der Waals surface area contributed by atoms with Crippen LogP contribution in [0.5, 0.6) is 0 Å². The summed E-state index contributed by atoms with van der Waals surface area (Å²) in [5, 5.41) is 22.3. The first-order chi connectivity index (χ1) is 26.5. The third kappa shape index (κ3) is 56.5. The molecular weight excluding hydrogens is 1460 g/mol. The molecule has 0 aliphatic carbocycles. The Hall–Kier alpha value is 7.78. The molecule has 1 heterocycles. The molecule has 1 saturated heterocycles. The first-order valence-corrected chi connectivity index (χ1v) is 59.1. The van der Waals surface area contributed by atoms with Crippen molar-refractivity contribution in [2.45, 2.75) is 38.5 Å². The third-order valence-electron chi connectivity index (χ3n) is 7.44. The Morgan fingerprint density at radius 2 is 0.379 bits per heavy atom. The number of hydrogen-bond donors (Lipinski definition) is 12. The Kier molecular flexibility index (Phi) is 116. The topological polar surface area (TPSA) is 228 Å². The Morgan fingerprint density at radius 3 is 0.500 bits per heavy atom. The zero-order valence-electron chi connectivity index (χ0n) is 37.8. The van der Waals surface area contributed by atoms with Gasteiger partial charge in [0.2, 0.25) is 0 Å². The normalized spacial score (nSPS) is 13.4. The van der Waals surface area contributed by atoms with E-state index in [-0.39, 0.29) is 149 Å². The summed E-state index contributed by atoms with van der Waals surface area (Å²) < 4.78 is 0. The van der Waals surface area contributed by atoms with E-state index in [1.165, 1.54) is 34.5 Å². The van der Waals surface area contributed by atoms with Crippen LogP contribution in [0.4, 0.5) is 0 Å². The zero-order chi connectivity index (χ0) is 39.3. The molecule has 0 aromatic rings. The minimum atomic E-state index is -2.67. The molecule has 12 nitrogen and oxygen atoms in total. The van der Waals surface area contributed by atoms with Gasteiger partial charge in [-0.05, 0) is 0 Å². The summed E-state index contributed by atoms with van der Waals surface area (Å²) in [7, 11) is 14.4. The Bertz CT molecular complexity index is 720. The molecule has 1 rings (SSSR count). The monoisotopic (exact) mass is 1550 g/mol. The van der Waals surface area contributed by atoms with Crippen molar-refractivity contribution in [3.8, 4) is 0 Å². The molecule has 0 bridgehead atoms. The summed E-state index contributed by atoms with van der Waals surface area (Å²) >= 11 is 0. The number of nitrogens with one attached hydrogen (secondary N) is 6. The van der Waals surface area contributed by atoms with E-state index >= 15 is 0 Å². The molecule has 18 N–H and O–H groups in total. The molecule has 66 heavy (non-hydrogen) atoms. The van der Waals surface area contributed by atoms with Gasteiger partial charge in [0, 0.05) is 0 Å². The zero-order valence-corrected chi connectivity index (χ0v) is 61.2. The number of hydrogen-bond acceptors (Lipinski definition) is 21. The molecule has 1 aliphatic heterocycles. The van der Waals surface area contributed by atoms with E-state index < -0.39 is 26.1 Å². The molecule has 0 atom stereocenters. The fourth-order valence-electron chi connectivity index (χ4n) is 4.60. The Balaban J connectivity index is -0.000000243. The molecule has 420 valence electrons. The van der Waals surface area contributed by atoms with Gasteiger partial charge >= 0.3 is 369 Å². The van der Waals surface area contributed by atoms with Crippen LogP contribution < -0.4 is 66.3 Å². The predicted octanol–water partition coefficient (Wildman–Crippen LogP) is 6.60. The number of rotatable bonds is 42. The van der Waals surface area contributed by atoms with Crippen molar-refractivity contribution in [2.75, 3.05) is 152 Å². The van der Waals surface area contributed by atoms with Crippen LogP contribution in [0.25, 0.3) is 0 Å².